The van der Waals surface area contributed by atoms with Crippen molar-refractivity contribution >= 4 is 33.3 Å². The molecule has 0 aromatic carbocycles. The molecule has 0 saturated heterocycles. The molecule has 0 atom stereocenters. The number of ether oxygens (including phenoxy) is 1. The summed E-state index contributed by atoms with van der Waals surface area (Å²) in [6.45, 7) is 2.39. The number of sulfonamides is 1. The first kappa shape index (κ1) is 16.5. The van der Waals surface area contributed by atoms with Gasteiger partial charge in [-0.05, 0) is 13.8 Å². The number of aliphatic carboxylic acids is 1. The second-order valence-corrected chi connectivity index (χ2v) is 6.96. The van der Waals surface area contributed by atoms with Gasteiger partial charge in [-0.3, -0.25) is 4.79 Å². The summed E-state index contributed by atoms with van der Waals surface area (Å²) in [6.07, 6.45) is 0. The fraction of sp³-hybridized carbons (Fsp3) is 0.500. The van der Waals surface area contributed by atoms with Crippen LogP contribution < -0.4 is 0 Å². The van der Waals surface area contributed by atoms with Crippen molar-refractivity contribution < 1.29 is 27.9 Å². The minimum absolute atomic E-state index is 0.320. The number of carbonyl (C=O) groups is 2. The Bertz CT molecular complexity index is 607. The summed E-state index contributed by atoms with van der Waals surface area (Å²) in [5.41, 5.74) is 0.854. The summed E-state index contributed by atoms with van der Waals surface area (Å²) in [7, 11) is -3.02. The van der Waals surface area contributed by atoms with Gasteiger partial charge in [0.2, 0.25) is 0 Å². The predicted molar refractivity (Wildman–Crippen MR) is 70.1 cm³/mol. The van der Waals surface area contributed by atoms with Gasteiger partial charge in [-0.25, -0.2) is 18.2 Å². The zero-order chi connectivity index (χ0) is 15.5. The first-order valence-electron chi connectivity index (χ1n) is 5.47. The van der Waals surface area contributed by atoms with E-state index >= 15 is 0 Å². The third-order valence-electron chi connectivity index (χ3n) is 2.32. The summed E-state index contributed by atoms with van der Waals surface area (Å²) in [6, 6.07) is -0.580. The number of carbonyl (C=O) groups excluding carboxylic acids is 1. The molecule has 10 heteroatoms. The van der Waals surface area contributed by atoms with Crippen molar-refractivity contribution in [2.45, 2.75) is 24.1 Å². The van der Waals surface area contributed by atoms with Gasteiger partial charge in [0.05, 0.1) is 12.6 Å². The number of hydrogen-bond acceptors (Lipinski definition) is 7. The fourth-order valence-corrected chi connectivity index (χ4v) is 4.27. The second kappa shape index (κ2) is 6.29. The molecule has 0 unspecified atom stereocenters. The maximum atomic E-state index is 12.4. The van der Waals surface area contributed by atoms with Gasteiger partial charge >= 0.3 is 11.9 Å². The Morgan fingerprint density at radius 3 is 2.55 bits per heavy atom. The third kappa shape index (κ3) is 3.32. The summed E-state index contributed by atoms with van der Waals surface area (Å²) in [5, 5.41) is 8.81. The highest BCUT2D eigenvalue weighted by Crippen LogP contribution is 2.26. The third-order valence-corrected chi connectivity index (χ3v) is 5.69. The van der Waals surface area contributed by atoms with E-state index in [4.69, 9.17) is 5.11 Å². The van der Waals surface area contributed by atoms with Gasteiger partial charge in [-0.2, -0.15) is 4.31 Å². The molecule has 0 radical (unpaired) electrons. The van der Waals surface area contributed by atoms with E-state index in [2.05, 4.69) is 9.72 Å². The van der Waals surface area contributed by atoms with E-state index in [9.17, 15) is 18.0 Å². The van der Waals surface area contributed by atoms with Gasteiger partial charge in [-0.15, -0.1) is 11.3 Å². The maximum Gasteiger partial charge on any atom is 0.358 e. The van der Waals surface area contributed by atoms with Crippen LogP contribution >= 0.6 is 11.3 Å². The van der Waals surface area contributed by atoms with Gasteiger partial charge in [0, 0.05) is 6.04 Å². The number of rotatable bonds is 6. The molecule has 1 heterocycles. The zero-order valence-corrected chi connectivity index (χ0v) is 12.7. The Balaban J connectivity index is 3.31. The molecule has 0 spiro atoms. The number of carboxylic acids is 1. The smallest absolute Gasteiger partial charge is 0.358 e. The van der Waals surface area contributed by atoms with Crippen molar-refractivity contribution in [3.8, 4) is 0 Å². The molecule has 20 heavy (non-hydrogen) atoms. The van der Waals surface area contributed by atoms with Crippen molar-refractivity contribution in [2.24, 2.45) is 0 Å². The number of hydrogen-bond donors (Lipinski definition) is 1. The van der Waals surface area contributed by atoms with E-state index in [1.807, 2.05) is 0 Å². The lowest BCUT2D eigenvalue weighted by molar-refractivity contribution is -0.137. The predicted octanol–water partition coefficient (Wildman–Crippen LogP) is 0.413. The number of carboxylic acid groups (broad SMARTS) is 1. The Labute approximate surface area is 120 Å². The van der Waals surface area contributed by atoms with Crippen LogP contribution in [0.2, 0.25) is 0 Å². The van der Waals surface area contributed by atoms with Crippen molar-refractivity contribution in [1.82, 2.24) is 9.29 Å². The molecular formula is C10H14N2O6S2. The quantitative estimate of drug-likeness (QED) is 0.755. The van der Waals surface area contributed by atoms with E-state index in [1.165, 1.54) is 5.51 Å². The van der Waals surface area contributed by atoms with Crippen molar-refractivity contribution in [2.75, 3.05) is 13.7 Å². The highest BCUT2D eigenvalue weighted by molar-refractivity contribution is 7.91. The molecule has 0 aliphatic heterocycles. The number of methoxy groups -OCH3 is 1. The second-order valence-electron chi connectivity index (χ2n) is 4.02. The summed E-state index contributed by atoms with van der Waals surface area (Å²) >= 11 is 0.739. The standard InChI is InChI=1S/C10H14N2O6S2/c1-6(2)12(4-7(13)14)20(16,17)10-8(9(15)18-3)11-5-19-10/h5-6H,4H2,1-3H3,(H,13,14). The fourth-order valence-electron chi connectivity index (χ4n) is 1.44. The average Bonchev–Trinajstić information content (AvgIpc) is 2.84. The molecule has 0 aliphatic carbocycles. The topological polar surface area (TPSA) is 114 Å². The Kier molecular flexibility index (Phi) is 5.20. The molecule has 1 N–H and O–H groups in total. The van der Waals surface area contributed by atoms with Gasteiger partial charge < -0.3 is 9.84 Å². The molecule has 0 aliphatic rings. The van der Waals surface area contributed by atoms with Crippen LogP contribution in [0.15, 0.2) is 9.72 Å². The lowest BCUT2D eigenvalue weighted by Gasteiger charge is -2.23. The summed E-state index contributed by atoms with van der Waals surface area (Å²) in [4.78, 5) is 25.9. The Hall–Kier alpha value is -1.52. The number of esters is 1. The summed E-state index contributed by atoms with van der Waals surface area (Å²) in [5.74, 6) is -2.17. The monoisotopic (exact) mass is 322 g/mol. The van der Waals surface area contributed by atoms with E-state index in [-0.39, 0.29) is 9.90 Å². The number of thiazole rings is 1. The van der Waals surface area contributed by atoms with Gasteiger partial charge in [0.15, 0.2) is 9.90 Å². The van der Waals surface area contributed by atoms with Gasteiger partial charge in [0.1, 0.15) is 6.54 Å². The van der Waals surface area contributed by atoms with Crippen LogP contribution in [0.5, 0.6) is 0 Å². The lowest BCUT2D eigenvalue weighted by atomic mass is 10.4. The maximum absolute atomic E-state index is 12.4. The molecular weight excluding hydrogens is 308 g/mol. The first-order chi connectivity index (χ1) is 9.21. The molecule has 0 amide bonds. The molecule has 0 saturated carbocycles. The van der Waals surface area contributed by atoms with Crippen LogP contribution in [0.25, 0.3) is 0 Å². The molecule has 1 rings (SSSR count). The molecule has 8 nitrogen and oxygen atoms in total. The SMILES string of the molecule is COC(=O)c1ncsc1S(=O)(=O)N(CC(=O)O)C(C)C. The van der Waals surface area contributed by atoms with E-state index in [1.54, 1.807) is 13.8 Å². The Morgan fingerprint density at radius 2 is 2.10 bits per heavy atom. The van der Waals surface area contributed by atoms with Gasteiger partial charge in [0.25, 0.3) is 10.0 Å². The minimum Gasteiger partial charge on any atom is -0.480 e. The van der Waals surface area contributed by atoms with Crippen LogP contribution in [0, 0.1) is 0 Å². The molecule has 1 aromatic heterocycles. The Morgan fingerprint density at radius 1 is 1.50 bits per heavy atom. The lowest BCUT2D eigenvalue weighted by Crippen LogP contribution is -2.40. The minimum atomic E-state index is -4.13. The van der Waals surface area contributed by atoms with Crippen LogP contribution in [0.1, 0.15) is 24.3 Å². The van der Waals surface area contributed by atoms with E-state index < -0.39 is 34.5 Å². The van der Waals surface area contributed by atoms with Crippen LogP contribution in [-0.4, -0.2) is 54.4 Å². The zero-order valence-electron chi connectivity index (χ0n) is 11.1. The number of aromatic nitrogens is 1. The molecule has 0 fully saturated rings. The van der Waals surface area contributed by atoms with Crippen LogP contribution in [-0.2, 0) is 19.6 Å². The normalized spacial score (nSPS) is 11.8. The highest BCUT2D eigenvalue weighted by atomic mass is 32.2. The van der Waals surface area contributed by atoms with E-state index in [0.717, 1.165) is 22.8 Å². The van der Waals surface area contributed by atoms with Crippen molar-refractivity contribution in [3.63, 3.8) is 0 Å². The largest absolute Gasteiger partial charge is 0.480 e. The first-order valence-corrected chi connectivity index (χ1v) is 7.79. The molecule has 1 aromatic rings. The van der Waals surface area contributed by atoms with Gasteiger partial charge in [-0.1, -0.05) is 0 Å². The van der Waals surface area contributed by atoms with Crippen LogP contribution in [0.3, 0.4) is 0 Å². The van der Waals surface area contributed by atoms with Crippen molar-refractivity contribution in [3.05, 3.63) is 11.2 Å². The average molecular weight is 322 g/mol. The number of nitrogens with zero attached hydrogens (tertiary/aromatic N) is 2. The molecule has 112 valence electrons. The van der Waals surface area contributed by atoms with Crippen LogP contribution in [0.4, 0.5) is 0 Å². The summed E-state index contributed by atoms with van der Waals surface area (Å²) < 4.78 is 29.8. The van der Waals surface area contributed by atoms with E-state index in [0.29, 0.717) is 0 Å². The highest BCUT2D eigenvalue weighted by Gasteiger charge is 2.34. The van der Waals surface area contributed by atoms with Crippen molar-refractivity contribution in [1.29, 1.82) is 0 Å². The molecule has 0 bridgehead atoms.